The van der Waals surface area contributed by atoms with Gasteiger partial charge < -0.3 is 15.7 Å². The van der Waals surface area contributed by atoms with E-state index in [9.17, 15) is 9.90 Å². The van der Waals surface area contributed by atoms with Crippen molar-refractivity contribution in [1.82, 2.24) is 4.98 Å². The first-order valence-electron chi connectivity index (χ1n) is 6.11. The molecule has 1 fully saturated rings. The molecular formula is C13H19N3O2. The second-order valence-electron chi connectivity index (χ2n) is 5.22. The molecule has 0 aliphatic carbocycles. The Labute approximate surface area is 107 Å². The summed E-state index contributed by atoms with van der Waals surface area (Å²) in [5, 5.41) is 9.42. The van der Waals surface area contributed by atoms with Gasteiger partial charge in [0, 0.05) is 19.3 Å². The molecule has 1 aliphatic rings. The Balaban J connectivity index is 2.12. The molecule has 1 saturated heterocycles. The first kappa shape index (κ1) is 12.8. The minimum absolute atomic E-state index is 0.259. The van der Waals surface area contributed by atoms with Gasteiger partial charge in [-0.05, 0) is 31.9 Å². The van der Waals surface area contributed by atoms with E-state index in [0.29, 0.717) is 6.54 Å². The summed E-state index contributed by atoms with van der Waals surface area (Å²) in [5.41, 5.74) is 5.74. The van der Waals surface area contributed by atoms with Crippen LogP contribution in [0.15, 0.2) is 18.3 Å². The normalized spacial score (nSPS) is 25.2. The van der Waals surface area contributed by atoms with Gasteiger partial charge in [-0.2, -0.15) is 0 Å². The maximum atomic E-state index is 11.4. The number of aliphatic hydroxyl groups excluding tert-OH is 1. The molecule has 3 N–H and O–H groups in total. The standard InChI is InChI=1S/C13H19N3O2/c1-9(17)10-3-4-11(15-7-10)16-6-5-13(2,8-16)12(14)18/h3-4,7,9,17H,5-6,8H2,1-2H3,(H2,14,18)/t9-,13?/m0/s1. The Morgan fingerprint density at radius 2 is 2.33 bits per heavy atom. The number of pyridine rings is 1. The average molecular weight is 249 g/mol. The van der Waals surface area contributed by atoms with Crippen molar-refractivity contribution in [2.45, 2.75) is 26.4 Å². The van der Waals surface area contributed by atoms with Crippen LogP contribution in [0, 0.1) is 5.41 Å². The summed E-state index contributed by atoms with van der Waals surface area (Å²) in [5.74, 6) is 0.565. The maximum absolute atomic E-state index is 11.4. The number of aromatic nitrogens is 1. The topological polar surface area (TPSA) is 79.5 Å². The van der Waals surface area contributed by atoms with Gasteiger partial charge in [0.25, 0.3) is 0 Å². The third-order valence-corrected chi connectivity index (χ3v) is 3.65. The highest BCUT2D eigenvalue weighted by atomic mass is 16.3. The van der Waals surface area contributed by atoms with E-state index in [-0.39, 0.29) is 5.91 Å². The van der Waals surface area contributed by atoms with Crippen LogP contribution in [0.5, 0.6) is 0 Å². The zero-order chi connectivity index (χ0) is 13.3. The monoisotopic (exact) mass is 249 g/mol. The lowest BCUT2D eigenvalue weighted by atomic mass is 9.89. The summed E-state index contributed by atoms with van der Waals surface area (Å²) in [4.78, 5) is 17.8. The number of primary amides is 1. The van der Waals surface area contributed by atoms with Crippen LogP contribution in [0.2, 0.25) is 0 Å². The summed E-state index contributed by atoms with van der Waals surface area (Å²) in [6.07, 6.45) is 1.91. The van der Waals surface area contributed by atoms with E-state index in [0.717, 1.165) is 24.3 Å². The molecule has 1 aliphatic heterocycles. The fourth-order valence-electron chi connectivity index (χ4n) is 2.19. The number of aliphatic hydroxyl groups is 1. The van der Waals surface area contributed by atoms with E-state index in [2.05, 4.69) is 9.88 Å². The van der Waals surface area contributed by atoms with Gasteiger partial charge in [0.15, 0.2) is 0 Å². The Bertz CT molecular complexity index is 444. The number of amides is 1. The summed E-state index contributed by atoms with van der Waals surface area (Å²) >= 11 is 0. The predicted molar refractivity (Wildman–Crippen MR) is 69.0 cm³/mol. The van der Waals surface area contributed by atoms with Crippen molar-refractivity contribution < 1.29 is 9.90 Å². The van der Waals surface area contributed by atoms with E-state index in [4.69, 9.17) is 5.73 Å². The fourth-order valence-corrected chi connectivity index (χ4v) is 2.19. The highest BCUT2D eigenvalue weighted by Gasteiger charge is 2.39. The van der Waals surface area contributed by atoms with Crippen molar-refractivity contribution in [3.05, 3.63) is 23.9 Å². The second kappa shape index (κ2) is 4.57. The lowest BCUT2D eigenvalue weighted by molar-refractivity contribution is -0.125. The number of hydrogen-bond acceptors (Lipinski definition) is 4. The summed E-state index contributed by atoms with van der Waals surface area (Å²) < 4.78 is 0. The molecule has 5 heteroatoms. The highest BCUT2D eigenvalue weighted by Crippen LogP contribution is 2.32. The van der Waals surface area contributed by atoms with E-state index < -0.39 is 11.5 Å². The van der Waals surface area contributed by atoms with Gasteiger partial charge >= 0.3 is 0 Å². The Morgan fingerprint density at radius 1 is 1.61 bits per heavy atom. The fraction of sp³-hybridized carbons (Fsp3) is 0.538. The molecule has 1 aromatic rings. The number of nitrogens with two attached hydrogens (primary N) is 1. The van der Waals surface area contributed by atoms with Crippen LogP contribution >= 0.6 is 0 Å². The molecule has 0 spiro atoms. The van der Waals surface area contributed by atoms with Crippen LogP contribution in [0.4, 0.5) is 5.82 Å². The Morgan fingerprint density at radius 3 is 2.78 bits per heavy atom. The molecular weight excluding hydrogens is 230 g/mol. The van der Waals surface area contributed by atoms with Crippen LogP contribution in [0.3, 0.4) is 0 Å². The number of carbonyl (C=O) groups is 1. The number of anilines is 1. The SMILES string of the molecule is C[C@H](O)c1ccc(N2CCC(C)(C(N)=O)C2)nc1. The number of rotatable bonds is 3. The van der Waals surface area contributed by atoms with Gasteiger partial charge in [0.2, 0.25) is 5.91 Å². The molecule has 1 unspecified atom stereocenters. The molecule has 2 atom stereocenters. The highest BCUT2D eigenvalue weighted by molar-refractivity contribution is 5.82. The molecule has 1 aromatic heterocycles. The van der Waals surface area contributed by atoms with E-state index >= 15 is 0 Å². The molecule has 18 heavy (non-hydrogen) atoms. The van der Waals surface area contributed by atoms with Crippen molar-refractivity contribution in [2.75, 3.05) is 18.0 Å². The Kier molecular flexibility index (Phi) is 3.26. The van der Waals surface area contributed by atoms with Crippen molar-refractivity contribution in [3.63, 3.8) is 0 Å². The van der Waals surface area contributed by atoms with Crippen molar-refractivity contribution in [3.8, 4) is 0 Å². The summed E-state index contributed by atoms with van der Waals surface area (Å²) in [6.45, 7) is 4.97. The number of carbonyl (C=O) groups excluding carboxylic acids is 1. The third kappa shape index (κ3) is 2.31. The van der Waals surface area contributed by atoms with Gasteiger partial charge in [-0.3, -0.25) is 4.79 Å². The molecule has 5 nitrogen and oxygen atoms in total. The molecule has 2 heterocycles. The van der Waals surface area contributed by atoms with Crippen LogP contribution < -0.4 is 10.6 Å². The Hall–Kier alpha value is -1.62. The molecule has 0 radical (unpaired) electrons. The molecule has 0 saturated carbocycles. The zero-order valence-electron chi connectivity index (χ0n) is 10.8. The van der Waals surface area contributed by atoms with Gasteiger partial charge in [0.1, 0.15) is 5.82 Å². The third-order valence-electron chi connectivity index (χ3n) is 3.65. The molecule has 2 rings (SSSR count). The molecule has 98 valence electrons. The average Bonchev–Trinajstić information content (AvgIpc) is 2.73. The maximum Gasteiger partial charge on any atom is 0.225 e. The summed E-state index contributed by atoms with van der Waals surface area (Å²) in [6, 6.07) is 3.72. The van der Waals surface area contributed by atoms with E-state index in [1.54, 1.807) is 13.1 Å². The van der Waals surface area contributed by atoms with Crippen LogP contribution in [-0.2, 0) is 4.79 Å². The molecule has 0 aromatic carbocycles. The summed E-state index contributed by atoms with van der Waals surface area (Å²) in [7, 11) is 0. The zero-order valence-corrected chi connectivity index (χ0v) is 10.8. The lowest BCUT2D eigenvalue weighted by Gasteiger charge is -2.21. The first-order valence-corrected chi connectivity index (χ1v) is 6.11. The minimum Gasteiger partial charge on any atom is -0.389 e. The van der Waals surface area contributed by atoms with Gasteiger partial charge in [-0.25, -0.2) is 4.98 Å². The van der Waals surface area contributed by atoms with Crippen molar-refractivity contribution >= 4 is 11.7 Å². The smallest absolute Gasteiger partial charge is 0.225 e. The van der Waals surface area contributed by atoms with E-state index in [1.807, 2.05) is 19.1 Å². The number of nitrogens with zero attached hydrogens (tertiary/aromatic N) is 2. The number of hydrogen-bond donors (Lipinski definition) is 2. The lowest BCUT2D eigenvalue weighted by Crippen LogP contribution is -2.37. The molecule has 0 bridgehead atoms. The minimum atomic E-state index is -0.513. The van der Waals surface area contributed by atoms with Crippen molar-refractivity contribution in [1.29, 1.82) is 0 Å². The van der Waals surface area contributed by atoms with Crippen LogP contribution in [0.1, 0.15) is 31.9 Å². The second-order valence-corrected chi connectivity index (χ2v) is 5.22. The van der Waals surface area contributed by atoms with Crippen molar-refractivity contribution in [2.24, 2.45) is 11.1 Å². The van der Waals surface area contributed by atoms with Gasteiger partial charge in [-0.1, -0.05) is 6.07 Å². The molecule has 1 amide bonds. The van der Waals surface area contributed by atoms with Crippen LogP contribution in [-0.4, -0.2) is 29.1 Å². The van der Waals surface area contributed by atoms with Gasteiger partial charge in [0.05, 0.1) is 11.5 Å². The van der Waals surface area contributed by atoms with Crippen LogP contribution in [0.25, 0.3) is 0 Å². The largest absolute Gasteiger partial charge is 0.389 e. The predicted octanol–water partition coefficient (Wildman–Crippen LogP) is 0.837. The first-order chi connectivity index (χ1) is 8.42. The van der Waals surface area contributed by atoms with Gasteiger partial charge in [-0.15, -0.1) is 0 Å². The van der Waals surface area contributed by atoms with E-state index in [1.165, 1.54) is 0 Å². The quantitative estimate of drug-likeness (QED) is 0.831.